The third-order valence-electron chi connectivity index (χ3n) is 4.11. The predicted octanol–water partition coefficient (Wildman–Crippen LogP) is 3.49. The number of alkyl halides is 3. The van der Waals surface area contributed by atoms with Gasteiger partial charge < -0.3 is 19.4 Å². The van der Waals surface area contributed by atoms with Gasteiger partial charge in [0, 0.05) is 11.8 Å². The molecule has 0 aliphatic heterocycles. The van der Waals surface area contributed by atoms with Crippen molar-refractivity contribution < 1.29 is 32.2 Å². The van der Waals surface area contributed by atoms with Gasteiger partial charge in [-0.3, -0.25) is 4.79 Å². The van der Waals surface area contributed by atoms with E-state index >= 15 is 0 Å². The fourth-order valence-electron chi connectivity index (χ4n) is 2.83. The van der Waals surface area contributed by atoms with Gasteiger partial charge >= 0.3 is 12.1 Å². The van der Waals surface area contributed by atoms with Gasteiger partial charge in [0.1, 0.15) is 12.3 Å². The summed E-state index contributed by atoms with van der Waals surface area (Å²) in [5, 5.41) is 2.41. The number of benzene rings is 2. The fourth-order valence-corrected chi connectivity index (χ4v) is 2.83. The number of hydrogen-bond donors (Lipinski definition) is 1. The first-order valence-electron chi connectivity index (χ1n) is 8.31. The minimum atomic E-state index is -4.59. The molecular formula is C19H16F3N3O4. The number of ether oxygens (including phenoxy) is 2. The summed E-state index contributed by atoms with van der Waals surface area (Å²) in [5.74, 6) is -1.25. The number of amides is 1. The highest BCUT2D eigenvalue weighted by Crippen LogP contribution is 2.34. The van der Waals surface area contributed by atoms with Crippen LogP contribution in [0.2, 0.25) is 0 Å². The number of halogens is 3. The van der Waals surface area contributed by atoms with E-state index in [9.17, 15) is 22.8 Å². The Balaban J connectivity index is 1.88. The molecule has 0 spiro atoms. The molecule has 1 amide bonds. The van der Waals surface area contributed by atoms with Crippen LogP contribution in [0.5, 0.6) is 5.75 Å². The van der Waals surface area contributed by atoms with Gasteiger partial charge in [-0.2, -0.15) is 13.2 Å². The van der Waals surface area contributed by atoms with Crippen molar-refractivity contribution in [2.24, 2.45) is 0 Å². The van der Waals surface area contributed by atoms with Crippen molar-refractivity contribution in [2.75, 3.05) is 19.5 Å². The zero-order valence-corrected chi connectivity index (χ0v) is 15.4. The van der Waals surface area contributed by atoms with Crippen LogP contribution < -0.4 is 10.1 Å². The molecule has 0 aliphatic carbocycles. The van der Waals surface area contributed by atoms with Crippen LogP contribution in [0.25, 0.3) is 11.0 Å². The van der Waals surface area contributed by atoms with E-state index in [2.05, 4.69) is 10.3 Å². The van der Waals surface area contributed by atoms with E-state index in [4.69, 9.17) is 9.47 Å². The second-order valence-corrected chi connectivity index (χ2v) is 6.03. The molecule has 7 nitrogen and oxygen atoms in total. The summed E-state index contributed by atoms with van der Waals surface area (Å²) in [4.78, 5) is 28.5. The molecule has 10 heteroatoms. The molecule has 0 radical (unpaired) electrons. The molecular weight excluding hydrogens is 391 g/mol. The molecule has 1 heterocycles. The number of rotatable bonds is 5. The van der Waals surface area contributed by atoms with Gasteiger partial charge in [0.05, 0.1) is 42.7 Å². The number of aromatic nitrogens is 2. The fraction of sp³-hybridized carbons (Fsp3) is 0.211. The van der Waals surface area contributed by atoms with E-state index < -0.39 is 23.6 Å². The lowest BCUT2D eigenvalue weighted by Crippen LogP contribution is -2.19. The topological polar surface area (TPSA) is 82.5 Å². The van der Waals surface area contributed by atoms with Gasteiger partial charge in [-0.25, -0.2) is 9.78 Å². The monoisotopic (exact) mass is 407 g/mol. The Morgan fingerprint density at radius 2 is 1.93 bits per heavy atom. The third-order valence-corrected chi connectivity index (χ3v) is 4.11. The summed E-state index contributed by atoms with van der Waals surface area (Å²) < 4.78 is 50.1. The van der Waals surface area contributed by atoms with Crippen LogP contribution >= 0.6 is 0 Å². The molecule has 0 bridgehead atoms. The number of carbonyl (C=O) groups excluding carboxylic acids is 2. The highest BCUT2D eigenvalue weighted by Gasteiger charge is 2.31. The highest BCUT2D eigenvalue weighted by atomic mass is 19.4. The van der Waals surface area contributed by atoms with E-state index in [1.54, 1.807) is 12.1 Å². The molecule has 0 atom stereocenters. The van der Waals surface area contributed by atoms with Gasteiger partial charge in [0.2, 0.25) is 5.91 Å². The first kappa shape index (κ1) is 20.2. The molecule has 0 fully saturated rings. The van der Waals surface area contributed by atoms with Crippen LogP contribution in [0.4, 0.5) is 18.9 Å². The maximum absolute atomic E-state index is 13.0. The van der Waals surface area contributed by atoms with Crippen LogP contribution in [0, 0.1) is 0 Å². The maximum atomic E-state index is 13.0. The minimum absolute atomic E-state index is 0.0452. The van der Waals surface area contributed by atoms with Gasteiger partial charge in [0.25, 0.3) is 0 Å². The molecule has 1 aromatic heterocycles. The van der Waals surface area contributed by atoms with Crippen molar-refractivity contribution in [3.63, 3.8) is 0 Å². The molecule has 29 heavy (non-hydrogen) atoms. The number of methoxy groups -OCH3 is 2. The number of imidazole rings is 1. The second kappa shape index (κ2) is 7.82. The number of para-hydroxylation sites is 1. The molecule has 152 valence electrons. The SMILES string of the molecule is COC(=O)c1cccc2ncn(CC(=O)Nc3cc(OC)cc(C(F)(F)F)c3)c12. The van der Waals surface area contributed by atoms with E-state index in [0.717, 1.165) is 12.1 Å². The predicted molar refractivity (Wildman–Crippen MR) is 97.7 cm³/mol. The summed E-state index contributed by atoms with van der Waals surface area (Å²) in [6.07, 6.45) is -3.23. The van der Waals surface area contributed by atoms with E-state index in [1.807, 2.05) is 0 Å². The van der Waals surface area contributed by atoms with Crippen molar-refractivity contribution >= 4 is 28.6 Å². The zero-order chi connectivity index (χ0) is 21.2. The summed E-state index contributed by atoms with van der Waals surface area (Å²) in [6.45, 7) is -0.275. The van der Waals surface area contributed by atoms with E-state index in [-0.39, 0.29) is 23.5 Å². The lowest BCUT2D eigenvalue weighted by Gasteiger charge is -2.13. The van der Waals surface area contributed by atoms with Gasteiger partial charge in [0.15, 0.2) is 0 Å². The summed E-state index contributed by atoms with van der Waals surface area (Å²) in [6, 6.07) is 7.74. The number of hydrogen-bond acceptors (Lipinski definition) is 5. The normalized spacial score (nSPS) is 11.3. The molecule has 0 aliphatic rings. The second-order valence-electron chi connectivity index (χ2n) is 6.03. The summed E-state index contributed by atoms with van der Waals surface area (Å²) in [7, 11) is 2.46. The summed E-state index contributed by atoms with van der Waals surface area (Å²) >= 11 is 0. The quantitative estimate of drug-likeness (QED) is 0.655. The van der Waals surface area contributed by atoms with Crippen LogP contribution in [-0.4, -0.2) is 35.6 Å². The van der Waals surface area contributed by atoms with Crippen molar-refractivity contribution in [2.45, 2.75) is 12.7 Å². The smallest absolute Gasteiger partial charge is 0.416 e. The van der Waals surface area contributed by atoms with Gasteiger partial charge in [-0.1, -0.05) is 6.07 Å². The van der Waals surface area contributed by atoms with Crippen LogP contribution in [0.15, 0.2) is 42.7 Å². The number of carbonyl (C=O) groups is 2. The lowest BCUT2D eigenvalue weighted by molar-refractivity contribution is -0.137. The molecule has 3 aromatic rings. The largest absolute Gasteiger partial charge is 0.497 e. The Hall–Kier alpha value is -3.56. The molecule has 3 rings (SSSR count). The maximum Gasteiger partial charge on any atom is 0.416 e. The minimum Gasteiger partial charge on any atom is -0.497 e. The van der Waals surface area contributed by atoms with E-state index in [0.29, 0.717) is 11.0 Å². The number of anilines is 1. The van der Waals surface area contributed by atoms with Crippen LogP contribution in [-0.2, 0) is 22.3 Å². The number of nitrogens with one attached hydrogen (secondary N) is 1. The number of esters is 1. The first-order valence-corrected chi connectivity index (χ1v) is 8.31. The Kier molecular flexibility index (Phi) is 5.44. The average Bonchev–Trinajstić information content (AvgIpc) is 3.09. The molecule has 2 aromatic carbocycles. The highest BCUT2D eigenvalue weighted by molar-refractivity contribution is 6.02. The Morgan fingerprint density at radius 3 is 2.59 bits per heavy atom. The van der Waals surface area contributed by atoms with E-state index in [1.165, 1.54) is 37.2 Å². The Morgan fingerprint density at radius 1 is 1.17 bits per heavy atom. The van der Waals surface area contributed by atoms with Crippen molar-refractivity contribution in [3.8, 4) is 5.75 Å². The number of nitrogens with zero attached hydrogens (tertiary/aromatic N) is 2. The standard InChI is InChI=1S/C19H16F3N3O4/c1-28-13-7-11(19(20,21)22)6-12(8-13)24-16(26)9-25-10-23-15-5-3-4-14(17(15)25)18(27)29-2/h3-8,10H,9H2,1-2H3,(H,24,26). The van der Waals surface area contributed by atoms with Crippen LogP contribution in [0.1, 0.15) is 15.9 Å². The molecule has 1 N–H and O–H groups in total. The van der Waals surface area contributed by atoms with Crippen LogP contribution in [0.3, 0.4) is 0 Å². The van der Waals surface area contributed by atoms with Crippen molar-refractivity contribution in [1.82, 2.24) is 9.55 Å². The first-order chi connectivity index (χ1) is 13.7. The molecule has 0 saturated heterocycles. The Labute approximate surface area is 163 Å². The molecule has 0 unspecified atom stereocenters. The number of fused-ring (bicyclic) bond motifs is 1. The van der Waals surface area contributed by atoms with Crippen molar-refractivity contribution in [1.29, 1.82) is 0 Å². The van der Waals surface area contributed by atoms with Crippen molar-refractivity contribution in [3.05, 3.63) is 53.9 Å². The molecule has 0 saturated carbocycles. The third kappa shape index (κ3) is 4.31. The van der Waals surface area contributed by atoms with Gasteiger partial charge in [-0.15, -0.1) is 0 Å². The average molecular weight is 407 g/mol. The lowest BCUT2D eigenvalue weighted by atomic mass is 10.1. The summed E-state index contributed by atoms with van der Waals surface area (Å²) in [5.41, 5.74) is 0.0566. The Bertz CT molecular complexity index is 1080. The zero-order valence-electron chi connectivity index (χ0n) is 15.4. The van der Waals surface area contributed by atoms with Gasteiger partial charge in [-0.05, 0) is 24.3 Å².